The van der Waals surface area contributed by atoms with Crippen LogP contribution in [0.2, 0.25) is 0 Å². The van der Waals surface area contributed by atoms with Crippen LogP contribution in [0.3, 0.4) is 0 Å². The average Bonchev–Trinajstić information content (AvgIpc) is 2.88. The number of benzene rings is 2. The highest BCUT2D eigenvalue weighted by atomic mass is 16.3. The maximum absolute atomic E-state index is 6.05. The van der Waals surface area contributed by atoms with Gasteiger partial charge in [0.1, 0.15) is 18.2 Å². The molecule has 0 bridgehead atoms. The van der Waals surface area contributed by atoms with Crippen LogP contribution in [0.25, 0.3) is 33.2 Å². The molecule has 2 heteroatoms. The first-order valence-corrected chi connectivity index (χ1v) is 7.94. The number of pyridine rings is 1. The van der Waals surface area contributed by atoms with E-state index in [4.69, 9.17) is 4.42 Å². The van der Waals surface area contributed by atoms with Crippen molar-refractivity contribution in [3.63, 3.8) is 0 Å². The van der Waals surface area contributed by atoms with Crippen molar-refractivity contribution in [2.24, 2.45) is 7.05 Å². The van der Waals surface area contributed by atoms with Crippen LogP contribution in [0.5, 0.6) is 0 Å². The second-order valence-corrected chi connectivity index (χ2v) is 6.40. The summed E-state index contributed by atoms with van der Waals surface area (Å²) in [6.45, 7) is 6.48. The van der Waals surface area contributed by atoms with Crippen LogP contribution >= 0.6 is 0 Å². The fraction of sp³-hybridized carbons (Fsp3) is 0.190. The van der Waals surface area contributed by atoms with Gasteiger partial charge in [0.2, 0.25) is 5.69 Å². The van der Waals surface area contributed by atoms with Crippen LogP contribution in [0.4, 0.5) is 0 Å². The van der Waals surface area contributed by atoms with Crippen LogP contribution < -0.4 is 4.57 Å². The van der Waals surface area contributed by atoms with E-state index in [9.17, 15) is 0 Å². The molecule has 0 unspecified atom stereocenters. The molecule has 0 aliphatic carbocycles. The van der Waals surface area contributed by atoms with E-state index in [1.807, 2.05) is 12.1 Å². The Morgan fingerprint density at radius 1 is 0.783 bits per heavy atom. The summed E-state index contributed by atoms with van der Waals surface area (Å²) in [5.74, 6) is 0. The molecule has 2 aromatic heterocycles. The summed E-state index contributed by atoms with van der Waals surface area (Å²) in [6, 6.07) is 14.9. The average molecular weight is 302 g/mol. The monoisotopic (exact) mass is 302 g/mol. The molecule has 0 fully saturated rings. The molecule has 2 heterocycles. The van der Waals surface area contributed by atoms with E-state index < -0.39 is 0 Å². The van der Waals surface area contributed by atoms with Crippen molar-refractivity contribution in [3.05, 3.63) is 65.4 Å². The molecular weight excluding hydrogens is 282 g/mol. The van der Waals surface area contributed by atoms with Gasteiger partial charge in [-0.05, 0) is 50.1 Å². The van der Waals surface area contributed by atoms with E-state index >= 15 is 0 Å². The quantitative estimate of drug-likeness (QED) is 0.452. The number of para-hydroxylation sites is 1. The molecule has 2 aromatic carbocycles. The lowest BCUT2D eigenvalue weighted by Crippen LogP contribution is -2.31. The fourth-order valence-corrected chi connectivity index (χ4v) is 3.31. The molecule has 0 aliphatic heterocycles. The Labute approximate surface area is 136 Å². The molecule has 4 rings (SSSR count). The van der Waals surface area contributed by atoms with Crippen LogP contribution in [0, 0.1) is 20.8 Å². The predicted molar refractivity (Wildman–Crippen MR) is 94.5 cm³/mol. The lowest BCUT2D eigenvalue weighted by Gasteiger charge is -2.07. The minimum atomic E-state index is 0.948. The minimum absolute atomic E-state index is 0.948. The molecule has 23 heavy (non-hydrogen) atoms. The standard InChI is InChI=1S/C21H20NO/c1-13-10-19(22(4)12-15(13)3)17-11-21-18(9-14(17)2)16-7-5-6-8-20(16)23-21/h5-12H,1-4H3/q+1. The summed E-state index contributed by atoms with van der Waals surface area (Å²) >= 11 is 0. The highest BCUT2D eigenvalue weighted by Crippen LogP contribution is 2.33. The van der Waals surface area contributed by atoms with Crippen LogP contribution in [-0.2, 0) is 7.05 Å². The van der Waals surface area contributed by atoms with Crippen molar-refractivity contribution in [2.45, 2.75) is 20.8 Å². The van der Waals surface area contributed by atoms with Gasteiger partial charge < -0.3 is 4.42 Å². The Balaban J connectivity index is 2.03. The maximum atomic E-state index is 6.05. The van der Waals surface area contributed by atoms with Crippen molar-refractivity contribution < 1.29 is 8.98 Å². The van der Waals surface area contributed by atoms with Gasteiger partial charge in [0.05, 0.1) is 5.56 Å². The third-order valence-corrected chi connectivity index (χ3v) is 4.74. The molecule has 0 saturated carbocycles. The van der Waals surface area contributed by atoms with E-state index in [0.717, 1.165) is 11.2 Å². The van der Waals surface area contributed by atoms with Crippen molar-refractivity contribution in [2.75, 3.05) is 0 Å². The third-order valence-electron chi connectivity index (χ3n) is 4.74. The topological polar surface area (TPSA) is 17.0 Å². The highest BCUT2D eigenvalue weighted by Gasteiger charge is 2.17. The lowest BCUT2D eigenvalue weighted by molar-refractivity contribution is -0.660. The molecule has 0 N–H and O–H groups in total. The van der Waals surface area contributed by atoms with E-state index in [2.05, 4.69) is 68.9 Å². The van der Waals surface area contributed by atoms with Gasteiger partial charge in [0, 0.05) is 22.4 Å². The number of fused-ring (bicyclic) bond motifs is 3. The second-order valence-electron chi connectivity index (χ2n) is 6.40. The zero-order valence-electron chi connectivity index (χ0n) is 14.0. The molecular formula is C21H20NO+. The summed E-state index contributed by atoms with van der Waals surface area (Å²) < 4.78 is 8.25. The summed E-state index contributed by atoms with van der Waals surface area (Å²) in [4.78, 5) is 0. The van der Waals surface area contributed by atoms with Crippen molar-refractivity contribution in [1.29, 1.82) is 0 Å². The Kier molecular flexibility index (Phi) is 3.02. The van der Waals surface area contributed by atoms with Crippen LogP contribution in [0.15, 0.2) is 53.1 Å². The summed E-state index contributed by atoms with van der Waals surface area (Å²) in [5.41, 5.74) is 8.22. The van der Waals surface area contributed by atoms with Crippen LogP contribution in [-0.4, -0.2) is 0 Å². The molecule has 4 aromatic rings. The molecule has 0 saturated heterocycles. The number of aryl methyl sites for hydroxylation is 4. The normalized spacial score (nSPS) is 11.5. The SMILES string of the molecule is Cc1cc(-c2cc3oc4ccccc4c3cc2C)[n+](C)cc1C. The fourth-order valence-electron chi connectivity index (χ4n) is 3.31. The van der Waals surface area contributed by atoms with Gasteiger partial charge in [0.15, 0.2) is 6.20 Å². The zero-order chi connectivity index (χ0) is 16.1. The summed E-state index contributed by atoms with van der Waals surface area (Å²) in [7, 11) is 2.10. The van der Waals surface area contributed by atoms with E-state index in [1.54, 1.807) is 0 Å². The molecule has 0 spiro atoms. The van der Waals surface area contributed by atoms with Gasteiger partial charge >= 0.3 is 0 Å². The van der Waals surface area contributed by atoms with E-state index in [-0.39, 0.29) is 0 Å². The van der Waals surface area contributed by atoms with Gasteiger partial charge in [-0.15, -0.1) is 0 Å². The lowest BCUT2D eigenvalue weighted by atomic mass is 9.99. The van der Waals surface area contributed by atoms with Crippen molar-refractivity contribution in [3.8, 4) is 11.3 Å². The first-order valence-electron chi connectivity index (χ1n) is 7.94. The molecule has 0 atom stereocenters. The summed E-state index contributed by atoms with van der Waals surface area (Å²) in [5, 5.41) is 2.37. The predicted octanol–water partition coefficient (Wildman–Crippen LogP) is 5.00. The first-order chi connectivity index (χ1) is 11.0. The van der Waals surface area contributed by atoms with Gasteiger partial charge in [0.25, 0.3) is 0 Å². The van der Waals surface area contributed by atoms with Gasteiger partial charge in [-0.2, -0.15) is 0 Å². The Morgan fingerprint density at radius 3 is 2.39 bits per heavy atom. The highest BCUT2D eigenvalue weighted by molar-refractivity contribution is 6.06. The first kappa shape index (κ1) is 14.0. The van der Waals surface area contributed by atoms with Gasteiger partial charge in [-0.25, -0.2) is 4.57 Å². The Morgan fingerprint density at radius 2 is 1.57 bits per heavy atom. The van der Waals surface area contributed by atoms with Gasteiger partial charge in [-0.3, -0.25) is 0 Å². The summed E-state index contributed by atoms with van der Waals surface area (Å²) in [6.07, 6.45) is 2.19. The third kappa shape index (κ3) is 2.14. The molecule has 0 amide bonds. The van der Waals surface area contributed by atoms with Gasteiger partial charge in [-0.1, -0.05) is 18.2 Å². The number of hydrogen-bond acceptors (Lipinski definition) is 1. The molecule has 0 radical (unpaired) electrons. The largest absolute Gasteiger partial charge is 0.456 e. The minimum Gasteiger partial charge on any atom is -0.456 e. The number of furan rings is 1. The van der Waals surface area contributed by atoms with Crippen molar-refractivity contribution >= 4 is 21.9 Å². The number of aromatic nitrogens is 1. The van der Waals surface area contributed by atoms with Crippen molar-refractivity contribution in [1.82, 2.24) is 0 Å². The molecule has 114 valence electrons. The van der Waals surface area contributed by atoms with E-state index in [0.29, 0.717) is 0 Å². The maximum Gasteiger partial charge on any atom is 0.212 e. The molecule has 0 aliphatic rings. The Hall–Kier alpha value is -2.61. The second kappa shape index (κ2) is 4.95. The van der Waals surface area contributed by atoms with E-state index in [1.165, 1.54) is 38.7 Å². The number of hydrogen-bond donors (Lipinski definition) is 0. The zero-order valence-corrected chi connectivity index (χ0v) is 14.0. The smallest absolute Gasteiger partial charge is 0.212 e. The van der Waals surface area contributed by atoms with Crippen LogP contribution in [0.1, 0.15) is 16.7 Å². The molecule has 2 nitrogen and oxygen atoms in total. The number of nitrogens with zero attached hydrogens (tertiary/aromatic N) is 1. The number of rotatable bonds is 1. The Bertz CT molecular complexity index is 1060.